The van der Waals surface area contributed by atoms with E-state index in [9.17, 15) is 18.0 Å². The molecule has 0 saturated carbocycles. The molecule has 0 radical (unpaired) electrons. The predicted molar refractivity (Wildman–Crippen MR) is 95.4 cm³/mol. The lowest BCUT2D eigenvalue weighted by molar-refractivity contribution is -0.153. The van der Waals surface area contributed by atoms with Gasteiger partial charge in [0, 0.05) is 42.0 Å². The van der Waals surface area contributed by atoms with Crippen LogP contribution in [0.4, 0.5) is 18.9 Å². The molecular weight excluding hydrogens is 371 g/mol. The fourth-order valence-electron chi connectivity index (χ4n) is 2.15. The summed E-state index contributed by atoms with van der Waals surface area (Å²) < 4.78 is 41.7. The third-order valence-electron chi connectivity index (χ3n) is 3.15. The van der Waals surface area contributed by atoms with Crippen molar-refractivity contribution in [3.8, 4) is 16.9 Å². The summed E-state index contributed by atoms with van der Waals surface area (Å²) in [5.74, 6) is -0.339. The number of nitrogens with one attached hydrogen (secondary N) is 1. The number of halogens is 4. The monoisotopic (exact) mass is 389 g/mol. The fraction of sp³-hybridized carbons (Fsp3) is 0.294. The van der Waals surface area contributed by atoms with Crippen LogP contribution in [0.5, 0.6) is 5.75 Å². The highest BCUT2D eigenvalue weighted by Crippen LogP contribution is 2.32. The van der Waals surface area contributed by atoms with Gasteiger partial charge in [0.1, 0.15) is 5.75 Å². The molecule has 1 aromatic carbocycles. The number of benzene rings is 1. The second-order valence-corrected chi connectivity index (χ2v) is 5.58. The van der Waals surface area contributed by atoms with Gasteiger partial charge in [-0.3, -0.25) is 9.78 Å². The molecular formula is C17H19ClF3N3O2. The summed E-state index contributed by atoms with van der Waals surface area (Å²) in [5.41, 5.74) is 7.26. The second kappa shape index (κ2) is 9.40. The molecule has 1 aromatic heterocycles. The van der Waals surface area contributed by atoms with Gasteiger partial charge in [-0.1, -0.05) is 6.07 Å². The van der Waals surface area contributed by atoms with Gasteiger partial charge in [-0.05, 0) is 25.1 Å². The van der Waals surface area contributed by atoms with E-state index in [2.05, 4.69) is 10.3 Å². The average Bonchev–Trinajstić information content (AvgIpc) is 2.52. The zero-order chi connectivity index (χ0) is 18.4. The summed E-state index contributed by atoms with van der Waals surface area (Å²) in [6.07, 6.45) is -1.17. The van der Waals surface area contributed by atoms with Crippen LogP contribution in [0.3, 0.4) is 0 Å². The minimum atomic E-state index is -4.44. The number of hydrogen-bond donors (Lipinski definition) is 2. The average molecular weight is 390 g/mol. The summed E-state index contributed by atoms with van der Waals surface area (Å²) in [6, 6.07) is 7.50. The van der Waals surface area contributed by atoms with Crippen LogP contribution in [0.25, 0.3) is 11.1 Å². The molecule has 5 nitrogen and oxygen atoms in total. The molecule has 0 saturated heterocycles. The molecule has 1 atom stereocenters. The van der Waals surface area contributed by atoms with Gasteiger partial charge in [0.05, 0.1) is 5.69 Å². The van der Waals surface area contributed by atoms with Crippen molar-refractivity contribution in [1.29, 1.82) is 0 Å². The SMILES string of the molecule is CC(N)CC(=O)Nc1cc(OCC(F)(F)F)ccc1-c1cccnc1.Cl. The van der Waals surface area contributed by atoms with Gasteiger partial charge in [0.2, 0.25) is 5.91 Å². The molecule has 3 N–H and O–H groups in total. The Bertz CT molecular complexity index is 725. The molecule has 0 fully saturated rings. The third-order valence-corrected chi connectivity index (χ3v) is 3.15. The van der Waals surface area contributed by atoms with E-state index >= 15 is 0 Å². The van der Waals surface area contributed by atoms with Crippen molar-refractivity contribution in [2.24, 2.45) is 5.73 Å². The lowest BCUT2D eigenvalue weighted by Crippen LogP contribution is -2.24. The Morgan fingerprint density at radius 2 is 2.08 bits per heavy atom. The largest absolute Gasteiger partial charge is 0.484 e. The quantitative estimate of drug-likeness (QED) is 0.788. The molecule has 142 valence electrons. The minimum Gasteiger partial charge on any atom is -0.484 e. The first-order valence-corrected chi connectivity index (χ1v) is 7.54. The van der Waals surface area contributed by atoms with Gasteiger partial charge in [-0.2, -0.15) is 13.2 Å². The number of amides is 1. The number of nitrogens with two attached hydrogens (primary N) is 1. The Morgan fingerprint density at radius 3 is 2.65 bits per heavy atom. The summed E-state index contributed by atoms with van der Waals surface area (Å²) in [5, 5.41) is 2.67. The second-order valence-electron chi connectivity index (χ2n) is 5.58. The molecule has 26 heavy (non-hydrogen) atoms. The third kappa shape index (κ3) is 6.89. The Kier molecular flexibility index (Phi) is 7.85. The highest BCUT2D eigenvalue weighted by Gasteiger charge is 2.28. The highest BCUT2D eigenvalue weighted by atomic mass is 35.5. The van der Waals surface area contributed by atoms with Crippen molar-refractivity contribution >= 4 is 24.0 Å². The van der Waals surface area contributed by atoms with Crippen molar-refractivity contribution in [3.63, 3.8) is 0 Å². The molecule has 0 aliphatic carbocycles. The zero-order valence-electron chi connectivity index (χ0n) is 13.9. The summed E-state index contributed by atoms with van der Waals surface area (Å²) in [7, 11) is 0. The number of anilines is 1. The van der Waals surface area contributed by atoms with Gasteiger partial charge in [-0.15, -0.1) is 12.4 Å². The van der Waals surface area contributed by atoms with Gasteiger partial charge in [0.15, 0.2) is 6.61 Å². The van der Waals surface area contributed by atoms with Crippen LogP contribution in [-0.4, -0.2) is 29.7 Å². The van der Waals surface area contributed by atoms with E-state index in [1.54, 1.807) is 37.5 Å². The number of hydrogen-bond acceptors (Lipinski definition) is 4. The van der Waals surface area contributed by atoms with E-state index in [1.165, 1.54) is 12.1 Å². The number of rotatable bonds is 6. The number of nitrogens with zero attached hydrogens (tertiary/aromatic N) is 1. The van der Waals surface area contributed by atoms with E-state index in [0.717, 1.165) is 0 Å². The van der Waals surface area contributed by atoms with Gasteiger partial charge in [-0.25, -0.2) is 0 Å². The van der Waals surface area contributed by atoms with Crippen molar-refractivity contribution in [3.05, 3.63) is 42.7 Å². The summed E-state index contributed by atoms with van der Waals surface area (Å²) >= 11 is 0. The van der Waals surface area contributed by atoms with Crippen LogP contribution >= 0.6 is 12.4 Å². The number of aromatic nitrogens is 1. The summed E-state index contributed by atoms with van der Waals surface area (Å²) in [4.78, 5) is 16.0. The Labute approximate surface area is 155 Å². The normalized spacial score (nSPS) is 12.0. The molecule has 2 aromatic rings. The van der Waals surface area contributed by atoms with Crippen LogP contribution < -0.4 is 15.8 Å². The Balaban J connectivity index is 0.00000338. The molecule has 1 heterocycles. The topological polar surface area (TPSA) is 77.2 Å². The standard InChI is InChI=1S/C17H18F3N3O2.ClH/c1-11(21)7-16(24)23-15-8-13(25-10-17(18,19)20)4-5-14(15)12-3-2-6-22-9-12;/h2-6,8-9,11H,7,10,21H2,1H3,(H,23,24);1H. The lowest BCUT2D eigenvalue weighted by atomic mass is 10.0. The maximum absolute atomic E-state index is 12.3. The van der Waals surface area contributed by atoms with Crippen molar-refractivity contribution in [2.45, 2.75) is 25.6 Å². The molecule has 1 amide bonds. The maximum Gasteiger partial charge on any atom is 0.422 e. The Hall–Kier alpha value is -2.32. The van der Waals surface area contributed by atoms with Crippen molar-refractivity contribution in [2.75, 3.05) is 11.9 Å². The Morgan fingerprint density at radius 1 is 1.35 bits per heavy atom. The van der Waals surface area contributed by atoms with Gasteiger partial charge >= 0.3 is 6.18 Å². The van der Waals surface area contributed by atoms with E-state index < -0.39 is 12.8 Å². The van der Waals surface area contributed by atoms with Crippen LogP contribution in [-0.2, 0) is 4.79 Å². The maximum atomic E-state index is 12.3. The van der Waals surface area contributed by atoms with Crippen LogP contribution in [0.2, 0.25) is 0 Å². The van der Waals surface area contributed by atoms with Crippen LogP contribution in [0.15, 0.2) is 42.7 Å². The van der Waals surface area contributed by atoms with E-state index in [1.807, 2.05) is 0 Å². The van der Waals surface area contributed by atoms with Gasteiger partial charge in [0.25, 0.3) is 0 Å². The first-order valence-electron chi connectivity index (χ1n) is 7.54. The predicted octanol–water partition coefficient (Wildman–Crippen LogP) is 3.79. The first kappa shape index (κ1) is 21.7. The van der Waals surface area contributed by atoms with E-state index in [-0.39, 0.29) is 36.5 Å². The number of carbonyl (C=O) groups is 1. The number of pyridine rings is 1. The van der Waals surface area contributed by atoms with Crippen molar-refractivity contribution < 1.29 is 22.7 Å². The molecule has 0 aliphatic rings. The van der Waals surface area contributed by atoms with Crippen LogP contribution in [0.1, 0.15) is 13.3 Å². The van der Waals surface area contributed by atoms with Crippen LogP contribution in [0, 0.1) is 0 Å². The lowest BCUT2D eigenvalue weighted by Gasteiger charge is -2.15. The first-order chi connectivity index (χ1) is 11.7. The smallest absolute Gasteiger partial charge is 0.422 e. The fourth-order valence-corrected chi connectivity index (χ4v) is 2.15. The zero-order valence-corrected chi connectivity index (χ0v) is 14.7. The molecule has 0 aliphatic heterocycles. The number of alkyl halides is 3. The molecule has 0 bridgehead atoms. The molecule has 0 spiro atoms. The molecule has 1 unspecified atom stereocenters. The molecule has 2 rings (SSSR count). The van der Waals surface area contributed by atoms with E-state index in [4.69, 9.17) is 10.5 Å². The summed E-state index contributed by atoms with van der Waals surface area (Å²) in [6.45, 7) is 0.275. The number of ether oxygens (including phenoxy) is 1. The van der Waals surface area contributed by atoms with Crippen molar-refractivity contribution in [1.82, 2.24) is 4.98 Å². The molecule has 9 heteroatoms. The minimum absolute atomic E-state index is 0. The number of carbonyl (C=O) groups excluding carboxylic acids is 1. The highest BCUT2D eigenvalue weighted by molar-refractivity contribution is 5.96. The van der Waals surface area contributed by atoms with E-state index in [0.29, 0.717) is 16.8 Å². The van der Waals surface area contributed by atoms with Gasteiger partial charge < -0.3 is 15.8 Å².